The molecule has 0 bridgehead atoms. The van der Waals surface area contributed by atoms with Gasteiger partial charge in [0.05, 0.1) is 16.2 Å². The minimum Gasteiger partial charge on any atom is -0.472 e. The van der Waals surface area contributed by atoms with E-state index in [1.807, 2.05) is 0 Å². The zero-order valence-electron chi connectivity index (χ0n) is 11.4. The lowest BCUT2D eigenvalue weighted by Gasteiger charge is -2.33. The molecule has 0 spiro atoms. The molecule has 3 rings (SSSR count). The Morgan fingerprint density at radius 1 is 1.18 bits per heavy atom. The largest absolute Gasteiger partial charge is 0.472 e. The van der Waals surface area contributed by atoms with Gasteiger partial charge in [-0.25, -0.2) is 8.42 Å². The van der Waals surface area contributed by atoms with E-state index in [1.54, 1.807) is 17.0 Å². The molecule has 1 saturated heterocycles. The lowest BCUT2D eigenvalue weighted by molar-refractivity contribution is 0.0697. The van der Waals surface area contributed by atoms with E-state index < -0.39 is 10.0 Å². The number of sulfonamides is 1. The molecule has 0 saturated carbocycles. The molecule has 2 aromatic rings. The number of piperazine rings is 1. The van der Waals surface area contributed by atoms with Crippen LogP contribution < -0.4 is 0 Å². The van der Waals surface area contributed by atoms with Gasteiger partial charge in [0.1, 0.15) is 10.5 Å². The molecule has 0 aliphatic carbocycles. The number of hydrogen-bond acceptors (Lipinski definition) is 5. The molecule has 118 valence electrons. The van der Waals surface area contributed by atoms with Crippen molar-refractivity contribution in [3.63, 3.8) is 0 Å². The van der Waals surface area contributed by atoms with Gasteiger partial charge in [0, 0.05) is 26.2 Å². The Bertz CT molecular complexity index is 762. The first kappa shape index (κ1) is 15.5. The number of rotatable bonds is 3. The number of nitrogens with zero attached hydrogens (tertiary/aromatic N) is 2. The summed E-state index contributed by atoms with van der Waals surface area (Å²) in [6.07, 6.45) is 2.83. The van der Waals surface area contributed by atoms with E-state index >= 15 is 0 Å². The quantitative estimate of drug-likeness (QED) is 0.840. The van der Waals surface area contributed by atoms with Crippen molar-refractivity contribution in [3.05, 3.63) is 40.6 Å². The van der Waals surface area contributed by atoms with Crippen LogP contribution in [0.25, 0.3) is 0 Å². The van der Waals surface area contributed by atoms with E-state index in [0.717, 1.165) is 11.3 Å². The molecule has 0 aromatic carbocycles. The number of thiophene rings is 1. The Hall–Kier alpha value is -1.35. The van der Waals surface area contributed by atoms with Crippen molar-refractivity contribution >= 4 is 38.9 Å². The third kappa shape index (κ3) is 2.91. The number of carbonyl (C=O) groups excluding carboxylic acids is 1. The monoisotopic (exact) mass is 360 g/mol. The standard InChI is InChI=1S/C13H13ClN2O4S2/c14-11-1-2-12(21-11)22(18,19)16-6-4-15(5-7-16)13(17)10-3-8-20-9-10/h1-3,8-9H,4-7H2. The maximum absolute atomic E-state index is 12.5. The minimum atomic E-state index is -3.53. The highest BCUT2D eigenvalue weighted by atomic mass is 35.5. The molecule has 1 amide bonds. The van der Waals surface area contributed by atoms with E-state index in [0.29, 0.717) is 23.0 Å². The Kier molecular flexibility index (Phi) is 4.26. The van der Waals surface area contributed by atoms with Gasteiger partial charge < -0.3 is 9.32 Å². The zero-order chi connectivity index (χ0) is 15.7. The highest BCUT2D eigenvalue weighted by Gasteiger charge is 2.31. The number of halogens is 1. The molecule has 6 nitrogen and oxygen atoms in total. The third-order valence-electron chi connectivity index (χ3n) is 3.44. The van der Waals surface area contributed by atoms with Crippen LogP contribution in [0, 0.1) is 0 Å². The fraction of sp³-hybridized carbons (Fsp3) is 0.308. The lowest BCUT2D eigenvalue weighted by atomic mass is 10.2. The molecule has 2 aromatic heterocycles. The Labute approximate surface area is 136 Å². The smallest absolute Gasteiger partial charge is 0.257 e. The summed E-state index contributed by atoms with van der Waals surface area (Å²) >= 11 is 6.84. The van der Waals surface area contributed by atoms with Crippen LogP contribution in [0.2, 0.25) is 4.34 Å². The van der Waals surface area contributed by atoms with Crippen molar-refractivity contribution in [1.82, 2.24) is 9.21 Å². The van der Waals surface area contributed by atoms with Gasteiger partial charge in [0.25, 0.3) is 15.9 Å². The van der Waals surface area contributed by atoms with Gasteiger partial charge in [-0.3, -0.25) is 4.79 Å². The molecule has 1 aliphatic heterocycles. The molecular weight excluding hydrogens is 348 g/mol. The van der Waals surface area contributed by atoms with Crippen LogP contribution >= 0.6 is 22.9 Å². The second-order valence-corrected chi connectivity index (χ2v) is 8.65. The first-order valence-corrected chi connectivity index (χ1v) is 9.19. The molecule has 1 aliphatic rings. The normalized spacial score (nSPS) is 16.9. The molecule has 9 heteroatoms. The molecule has 22 heavy (non-hydrogen) atoms. The second-order valence-electron chi connectivity index (χ2n) is 4.77. The summed E-state index contributed by atoms with van der Waals surface area (Å²) in [5.74, 6) is -0.148. The van der Waals surface area contributed by atoms with E-state index in [4.69, 9.17) is 16.0 Å². The second kappa shape index (κ2) is 6.04. The molecule has 1 fully saturated rings. The number of amides is 1. The van der Waals surface area contributed by atoms with Gasteiger partial charge >= 0.3 is 0 Å². The maximum atomic E-state index is 12.5. The number of hydrogen-bond donors (Lipinski definition) is 0. The van der Waals surface area contributed by atoms with Gasteiger partial charge in [-0.05, 0) is 18.2 Å². The van der Waals surface area contributed by atoms with Crippen LogP contribution in [0.3, 0.4) is 0 Å². The molecular formula is C13H13ClN2O4S2. The van der Waals surface area contributed by atoms with Crippen LogP contribution in [0.5, 0.6) is 0 Å². The molecule has 3 heterocycles. The fourth-order valence-corrected chi connectivity index (χ4v) is 5.32. The first-order chi connectivity index (χ1) is 10.5. The predicted octanol–water partition coefficient (Wildman–Crippen LogP) is 2.14. The van der Waals surface area contributed by atoms with E-state index in [-0.39, 0.29) is 23.2 Å². The van der Waals surface area contributed by atoms with Crippen molar-refractivity contribution < 1.29 is 17.6 Å². The predicted molar refractivity (Wildman–Crippen MR) is 82.7 cm³/mol. The molecule has 0 radical (unpaired) electrons. The maximum Gasteiger partial charge on any atom is 0.257 e. The van der Waals surface area contributed by atoms with Gasteiger partial charge in [-0.1, -0.05) is 11.6 Å². The zero-order valence-corrected chi connectivity index (χ0v) is 13.8. The summed E-state index contributed by atoms with van der Waals surface area (Å²) in [7, 11) is -3.53. The van der Waals surface area contributed by atoms with Gasteiger partial charge in [0.2, 0.25) is 0 Å². The van der Waals surface area contributed by atoms with Crippen LogP contribution in [-0.2, 0) is 10.0 Å². The van der Waals surface area contributed by atoms with Crippen LogP contribution in [0.4, 0.5) is 0 Å². The molecule has 0 unspecified atom stereocenters. The Morgan fingerprint density at radius 2 is 1.91 bits per heavy atom. The lowest BCUT2D eigenvalue weighted by Crippen LogP contribution is -2.50. The third-order valence-corrected chi connectivity index (χ3v) is 7.03. The van der Waals surface area contributed by atoms with Crippen molar-refractivity contribution in [2.75, 3.05) is 26.2 Å². The number of carbonyl (C=O) groups is 1. The molecule has 0 N–H and O–H groups in total. The summed E-state index contributed by atoms with van der Waals surface area (Å²) < 4.78 is 31.9. The average molecular weight is 361 g/mol. The Balaban J connectivity index is 1.68. The summed E-state index contributed by atoms with van der Waals surface area (Å²) in [6.45, 7) is 1.23. The average Bonchev–Trinajstić information content (AvgIpc) is 3.18. The summed E-state index contributed by atoms with van der Waals surface area (Å²) in [6, 6.07) is 4.67. The topological polar surface area (TPSA) is 70.8 Å². The highest BCUT2D eigenvalue weighted by molar-refractivity contribution is 7.91. The SMILES string of the molecule is O=C(c1ccoc1)N1CCN(S(=O)(=O)c2ccc(Cl)s2)CC1. The van der Waals surface area contributed by atoms with Crippen molar-refractivity contribution in [2.24, 2.45) is 0 Å². The van der Waals surface area contributed by atoms with Crippen molar-refractivity contribution in [3.8, 4) is 0 Å². The first-order valence-electron chi connectivity index (χ1n) is 6.55. The number of furan rings is 1. The van der Waals surface area contributed by atoms with Crippen LogP contribution in [0.1, 0.15) is 10.4 Å². The van der Waals surface area contributed by atoms with Gasteiger partial charge in [0.15, 0.2) is 0 Å². The highest BCUT2D eigenvalue weighted by Crippen LogP contribution is 2.28. The van der Waals surface area contributed by atoms with E-state index in [9.17, 15) is 13.2 Å². The Morgan fingerprint density at radius 3 is 2.45 bits per heavy atom. The fourth-order valence-electron chi connectivity index (χ4n) is 2.26. The minimum absolute atomic E-state index is 0.148. The van der Waals surface area contributed by atoms with Crippen LogP contribution in [0.15, 0.2) is 39.4 Å². The van der Waals surface area contributed by atoms with E-state index in [1.165, 1.54) is 22.9 Å². The van der Waals surface area contributed by atoms with Gasteiger partial charge in [-0.2, -0.15) is 4.31 Å². The summed E-state index contributed by atoms with van der Waals surface area (Å²) in [5, 5.41) is 0. The van der Waals surface area contributed by atoms with Crippen molar-refractivity contribution in [1.29, 1.82) is 0 Å². The van der Waals surface area contributed by atoms with Crippen LogP contribution in [-0.4, -0.2) is 49.7 Å². The van der Waals surface area contributed by atoms with Crippen molar-refractivity contribution in [2.45, 2.75) is 4.21 Å². The summed E-state index contributed by atoms with van der Waals surface area (Å²) in [5.41, 5.74) is 0.473. The van der Waals surface area contributed by atoms with E-state index in [2.05, 4.69) is 0 Å². The van der Waals surface area contributed by atoms with Gasteiger partial charge in [-0.15, -0.1) is 11.3 Å². The summed E-state index contributed by atoms with van der Waals surface area (Å²) in [4.78, 5) is 13.8. The molecule has 0 atom stereocenters.